The van der Waals surface area contributed by atoms with Crippen LogP contribution in [0.1, 0.15) is 40.2 Å². The molecule has 0 spiro atoms. The number of likely N-dealkylation sites (tertiary alicyclic amines) is 1. The molecule has 0 aliphatic carbocycles. The van der Waals surface area contributed by atoms with E-state index in [1.807, 2.05) is 0 Å². The van der Waals surface area contributed by atoms with Crippen molar-refractivity contribution in [1.29, 1.82) is 0 Å². The SMILES string of the molecule is O=C(O)c1cccc(Cl)c1CN1CCC(c2c[nH]c3ccccc23)CC1. The number of H-pyrrole nitrogens is 1. The predicted molar refractivity (Wildman–Crippen MR) is 104 cm³/mol. The first-order chi connectivity index (χ1) is 12.6. The quantitative estimate of drug-likeness (QED) is 0.688. The molecule has 4 nitrogen and oxygen atoms in total. The number of para-hydroxylation sites is 1. The van der Waals surface area contributed by atoms with Crippen molar-refractivity contribution >= 4 is 28.5 Å². The van der Waals surface area contributed by atoms with Crippen molar-refractivity contribution in [2.75, 3.05) is 13.1 Å². The number of nitrogens with zero attached hydrogens (tertiary/aromatic N) is 1. The summed E-state index contributed by atoms with van der Waals surface area (Å²) >= 11 is 6.27. The Bertz CT molecular complexity index is 942. The summed E-state index contributed by atoms with van der Waals surface area (Å²) in [5.74, 6) is -0.385. The Morgan fingerprint density at radius 2 is 1.92 bits per heavy atom. The summed E-state index contributed by atoms with van der Waals surface area (Å²) in [4.78, 5) is 17.1. The lowest BCUT2D eigenvalue weighted by Crippen LogP contribution is -2.33. The summed E-state index contributed by atoms with van der Waals surface area (Å²) in [6, 6.07) is 13.5. The van der Waals surface area contributed by atoms with Gasteiger partial charge in [0, 0.05) is 28.7 Å². The smallest absolute Gasteiger partial charge is 0.336 e. The molecule has 1 saturated heterocycles. The Morgan fingerprint density at radius 3 is 2.69 bits per heavy atom. The van der Waals surface area contributed by atoms with Crippen molar-refractivity contribution < 1.29 is 9.90 Å². The van der Waals surface area contributed by atoms with Crippen LogP contribution in [0.5, 0.6) is 0 Å². The molecular formula is C21H21ClN2O2. The van der Waals surface area contributed by atoms with Crippen LogP contribution in [0.2, 0.25) is 5.02 Å². The van der Waals surface area contributed by atoms with Crippen molar-refractivity contribution in [2.45, 2.75) is 25.3 Å². The lowest BCUT2D eigenvalue weighted by Gasteiger charge is -2.32. The molecule has 26 heavy (non-hydrogen) atoms. The van der Waals surface area contributed by atoms with E-state index < -0.39 is 5.97 Å². The molecule has 3 aromatic rings. The van der Waals surface area contributed by atoms with Crippen LogP contribution in [0.25, 0.3) is 10.9 Å². The van der Waals surface area contributed by atoms with Crippen LogP contribution >= 0.6 is 11.6 Å². The van der Waals surface area contributed by atoms with Gasteiger partial charge in [0.25, 0.3) is 0 Å². The molecule has 2 N–H and O–H groups in total. The maximum absolute atomic E-state index is 11.5. The van der Waals surface area contributed by atoms with Gasteiger partial charge in [0.2, 0.25) is 0 Å². The minimum absolute atomic E-state index is 0.302. The number of piperidine rings is 1. The third-order valence-corrected chi connectivity index (χ3v) is 5.73. The van der Waals surface area contributed by atoms with Gasteiger partial charge < -0.3 is 10.1 Å². The summed E-state index contributed by atoms with van der Waals surface area (Å²) in [5, 5.41) is 11.2. The van der Waals surface area contributed by atoms with Crippen LogP contribution in [0.15, 0.2) is 48.7 Å². The van der Waals surface area contributed by atoms with Crippen LogP contribution in [-0.4, -0.2) is 34.0 Å². The molecule has 1 aromatic heterocycles. The van der Waals surface area contributed by atoms with Gasteiger partial charge in [-0.3, -0.25) is 4.90 Å². The first-order valence-corrected chi connectivity index (χ1v) is 9.30. The molecular weight excluding hydrogens is 348 g/mol. The molecule has 0 atom stereocenters. The van der Waals surface area contributed by atoms with Gasteiger partial charge >= 0.3 is 5.97 Å². The highest BCUT2D eigenvalue weighted by atomic mass is 35.5. The predicted octanol–water partition coefficient (Wildman–Crippen LogP) is 4.90. The fraction of sp³-hybridized carbons (Fsp3) is 0.286. The number of aromatic amines is 1. The molecule has 2 aromatic carbocycles. The van der Waals surface area contributed by atoms with E-state index in [9.17, 15) is 9.90 Å². The van der Waals surface area contributed by atoms with E-state index in [2.05, 4.69) is 40.3 Å². The second kappa shape index (κ2) is 7.14. The normalized spacial score (nSPS) is 16.2. The highest BCUT2D eigenvalue weighted by molar-refractivity contribution is 6.31. The third-order valence-electron chi connectivity index (χ3n) is 5.38. The third kappa shape index (κ3) is 3.22. The summed E-state index contributed by atoms with van der Waals surface area (Å²) in [6.45, 7) is 2.46. The van der Waals surface area contributed by atoms with Gasteiger partial charge in [-0.25, -0.2) is 4.79 Å². The van der Waals surface area contributed by atoms with Gasteiger partial charge in [-0.1, -0.05) is 35.9 Å². The summed E-state index contributed by atoms with van der Waals surface area (Å²) < 4.78 is 0. The molecule has 0 radical (unpaired) electrons. The zero-order valence-electron chi connectivity index (χ0n) is 14.4. The molecule has 5 heteroatoms. The Balaban J connectivity index is 1.47. The Morgan fingerprint density at radius 1 is 1.15 bits per heavy atom. The van der Waals surface area contributed by atoms with Crippen molar-refractivity contribution in [3.63, 3.8) is 0 Å². The number of aromatic carboxylic acids is 1. The van der Waals surface area contributed by atoms with Crippen LogP contribution in [0.4, 0.5) is 0 Å². The minimum Gasteiger partial charge on any atom is -0.478 e. The number of nitrogens with one attached hydrogen (secondary N) is 1. The number of hydrogen-bond acceptors (Lipinski definition) is 2. The number of aromatic nitrogens is 1. The van der Waals surface area contributed by atoms with Crippen LogP contribution in [-0.2, 0) is 6.54 Å². The topological polar surface area (TPSA) is 56.3 Å². The molecule has 4 rings (SSSR count). The number of rotatable bonds is 4. The lowest BCUT2D eigenvalue weighted by molar-refractivity contribution is 0.0694. The van der Waals surface area contributed by atoms with Crippen molar-refractivity contribution in [3.05, 3.63) is 70.4 Å². The summed E-state index contributed by atoms with van der Waals surface area (Å²) in [7, 11) is 0. The molecule has 134 valence electrons. The number of halogens is 1. The van der Waals surface area contributed by atoms with Gasteiger partial charge in [0.1, 0.15) is 0 Å². The van der Waals surface area contributed by atoms with E-state index in [1.54, 1.807) is 18.2 Å². The maximum Gasteiger partial charge on any atom is 0.336 e. The van der Waals surface area contributed by atoms with E-state index >= 15 is 0 Å². The van der Waals surface area contributed by atoms with Gasteiger partial charge in [0.15, 0.2) is 0 Å². The number of benzene rings is 2. The molecule has 0 saturated carbocycles. The summed E-state index contributed by atoms with van der Waals surface area (Å²) in [5.41, 5.74) is 3.60. The standard InChI is InChI=1S/C21H21ClN2O2/c22-19-6-3-5-16(21(25)26)18(19)13-24-10-8-14(9-11-24)17-12-23-20-7-2-1-4-15(17)20/h1-7,12,14,23H,8-11,13H2,(H,25,26). The number of carbonyl (C=O) groups is 1. The molecule has 0 bridgehead atoms. The molecule has 1 fully saturated rings. The number of hydrogen-bond donors (Lipinski definition) is 2. The average molecular weight is 369 g/mol. The molecule has 2 heterocycles. The highest BCUT2D eigenvalue weighted by Gasteiger charge is 2.24. The Labute approximate surface area is 157 Å². The van der Waals surface area contributed by atoms with Crippen molar-refractivity contribution in [1.82, 2.24) is 9.88 Å². The Kier molecular flexibility index (Phi) is 4.70. The zero-order chi connectivity index (χ0) is 18.1. The number of fused-ring (bicyclic) bond motifs is 1. The fourth-order valence-electron chi connectivity index (χ4n) is 3.98. The van der Waals surface area contributed by atoms with Gasteiger partial charge in [-0.2, -0.15) is 0 Å². The molecule has 0 amide bonds. The number of carboxylic acids is 1. The van der Waals surface area contributed by atoms with Crippen LogP contribution in [0.3, 0.4) is 0 Å². The van der Waals surface area contributed by atoms with Crippen molar-refractivity contribution in [3.8, 4) is 0 Å². The van der Waals surface area contributed by atoms with Gasteiger partial charge in [0.05, 0.1) is 5.56 Å². The van der Waals surface area contributed by atoms with E-state index in [4.69, 9.17) is 11.6 Å². The minimum atomic E-state index is -0.920. The van der Waals surface area contributed by atoms with Gasteiger partial charge in [-0.15, -0.1) is 0 Å². The molecule has 1 aliphatic heterocycles. The second-order valence-electron chi connectivity index (χ2n) is 6.91. The maximum atomic E-state index is 11.5. The van der Waals surface area contributed by atoms with Gasteiger partial charge in [-0.05, 0) is 61.2 Å². The summed E-state index contributed by atoms with van der Waals surface area (Å²) in [6.07, 6.45) is 4.27. The first-order valence-electron chi connectivity index (χ1n) is 8.92. The van der Waals surface area contributed by atoms with E-state index in [0.29, 0.717) is 28.6 Å². The first kappa shape index (κ1) is 17.1. The van der Waals surface area contributed by atoms with Crippen molar-refractivity contribution in [2.24, 2.45) is 0 Å². The Hall–Kier alpha value is -2.30. The zero-order valence-corrected chi connectivity index (χ0v) is 15.2. The highest BCUT2D eigenvalue weighted by Crippen LogP contribution is 2.34. The van der Waals surface area contributed by atoms with E-state index in [-0.39, 0.29) is 0 Å². The van der Waals surface area contributed by atoms with E-state index in [1.165, 1.54) is 16.5 Å². The largest absolute Gasteiger partial charge is 0.478 e. The molecule has 0 unspecified atom stereocenters. The lowest BCUT2D eigenvalue weighted by atomic mass is 9.89. The average Bonchev–Trinajstić information content (AvgIpc) is 3.08. The second-order valence-corrected chi connectivity index (χ2v) is 7.32. The monoisotopic (exact) mass is 368 g/mol. The fourth-order valence-corrected chi connectivity index (χ4v) is 4.21. The van der Waals surface area contributed by atoms with Crippen LogP contribution < -0.4 is 0 Å². The molecule has 1 aliphatic rings. The van der Waals surface area contributed by atoms with Crippen LogP contribution in [0, 0.1) is 0 Å². The number of carboxylic acid groups (broad SMARTS) is 1. The van der Waals surface area contributed by atoms with E-state index in [0.717, 1.165) is 25.9 Å².